The predicted molar refractivity (Wildman–Crippen MR) is 127 cm³/mol. The zero-order valence-corrected chi connectivity index (χ0v) is 19.1. The van der Waals surface area contributed by atoms with Gasteiger partial charge in [-0.1, -0.05) is 0 Å². The second kappa shape index (κ2) is 9.72. The van der Waals surface area contributed by atoms with Gasteiger partial charge in [0.1, 0.15) is 19.3 Å². The van der Waals surface area contributed by atoms with E-state index in [0.29, 0.717) is 43.6 Å². The fourth-order valence-electron chi connectivity index (χ4n) is 4.34. The molecule has 0 radical (unpaired) electrons. The second-order valence-electron chi connectivity index (χ2n) is 8.51. The van der Waals surface area contributed by atoms with E-state index in [2.05, 4.69) is 9.97 Å². The third kappa shape index (κ3) is 4.70. The van der Waals surface area contributed by atoms with Crippen molar-refractivity contribution in [2.45, 2.75) is 37.8 Å². The van der Waals surface area contributed by atoms with Crippen LogP contribution in [0.1, 0.15) is 24.8 Å². The molecular weight excluding hydrogens is 436 g/mol. The number of nitrogens with zero attached hydrogens (tertiary/aromatic N) is 3. The molecule has 0 saturated carbocycles. The number of aryl methyl sites for hydroxylation is 1. The highest BCUT2D eigenvalue weighted by Crippen LogP contribution is 2.35. The van der Waals surface area contributed by atoms with Gasteiger partial charge < -0.3 is 24.7 Å². The summed E-state index contributed by atoms with van der Waals surface area (Å²) in [7, 11) is 1.60. The Morgan fingerprint density at radius 1 is 1.15 bits per heavy atom. The Morgan fingerprint density at radius 2 is 2.00 bits per heavy atom. The van der Waals surface area contributed by atoms with Gasteiger partial charge in [-0.3, -0.25) is 9.88 Å². The predicted octanol–water partition coefficient (Wildman–Crippen LogP) is 3.48. The molecule has 2 aromatic heterocycles. The van der Waals surface area contributed by atoms with E-state index in [4.69, 9.17) is 24.7 Å². The molecular formula is C25H28N4O5. The number of pyridine rings is 2. The molecule has 0 bridgehead atoms. The summed E-state index contributed by atoms with van der Waals surface area (Å²) in [6.07, 6.45) is 4.29. The molecule has 0 aliphatic carbocycles. The molecule has 2 aliphatic rings. The zero-order chi connectivity index (χ0) is 23.5. The lowest BCUT2D eigenvalue weighted by Crippen LogP contribution is -2.26. The van der Waals surface area contributed by atoms with Crippen molar-refractivity contribution in [2.24, 2.45) is 5.73 Å². The Labute approximate surface area is 197 Å². The smallest absolute Gasteiger partial charge is 0.414 e. The van der Waals surface area contributed by atoms with Gasteiger partial charge in [-0.2, -0.15) is 0 Å². The molecule has 2 unspecified atom stereocenters. The van der Waals surface area contributed by atoms with Crippen LogP contribution in [-0.2, 0) is 11.2 Å². The van der Waals surface area contributed by atoms with Crippen LogP contribution in [0.2, 0.25) is 0 Å². The quantitative estimate of drug-likeness (QED) is 0.540. The van der Waals surface area contributed by atoms with E-state index in [0.717, 1.165) is 41.5 Å². The van der Waals surface area contributed by atoms with Crippen molar-refractivity contribution < 1.29 is 23.7 Å². The number of ether oxygens (including phenoxy) is 4. The van der Waals surface area contributed by atoms with Crippen LogP contribution in [0.25, 0.3) is 11.0 Å². The topological polar surface area (TPSA) is 109 Å². The number of rotatable bonds is 8. The summed E-state index contributed by atoms with van der Waals surface area (Å²) < 4.78 is 22.0. The summed E-state index contributed by atoms with van der Waals surface area (Å²) in [5.41, 5.74) is 9.93. The second-order valence-corrected chi connectivity index (χ2v) is 8.51. The van der Waals surface area contributed by atoms with E-state index in [1.807, 2.05) is 36.4 Å². The van der Waals surface area contributed by atoms with Gasteiger partial charge in [0.2, 0.25) is 5.88 Å². The Morgan fingerprint density at radius 3 is 2.85 bits per heavy atom. The lowest BCUT2D eigenvalue weighted by molar-refractivity contribution is 0.134. The SMILES string of the molecule is COc1ccc2nccc(CCC(N)CCC3CN(c4ccc5c(c4)OCCO5)C(=O)O3)c2n1. The van der Waals surface area contributed by atoms with Crippen LogP contribution in [0.4, 0.5) is 10.5 Å². The zero-order valence-electron chi connectivity index (χ0n) is 19.1. The summed E-state index contributed by atoms with van der Waals surface area (Å²) in [4.78, 5) is 23.0. The summed E-state index contributed by atoms with van der Waals surface area (Å²) in [5.74, 6) is 1.91. The first-order valence-corrected chi connectivity index (χ1v) is 11.5. The fourth-order valence-corrected chi connectivity index (χ4v) is 4.34. The van der Waals surface area contributed by atoms with Gasteiger partial charge in [0, 0.05) is 24.4 Å². The molecule has 9 heteroatoms. The normalized spacial score (nSPS) is 18.1. The number of anilines is 1. The number of amides is 1. The number of hydrogen-bond acceptors (Lipinski definition) is 8. The first-order valence-electron chi connectivity index (χ1n) is 11.5. The number of carbonyl (C=O) groups is 1. The summed E-state index contributed by atoms with van der Waals surface area (Å²) in [6.45, 7) is 1.52. The van der Waals surface area contributed by atoms with Gasteiger partial charge in [0.15, 0.2) is 11.5 Å². The number of aromatic nitrogens is 2. The maximum absolute atomic E-state index is 12.5. The molecule has 178 valence electrons. The van der Waals surface area contributed by atoms with Crippen LogP contribution >= 0.6 is 0 Å². The van der Waals surface area contributed by atoms with Crippen molar-refractivity contribution in [3.63, 3.8) is 0 Å². The largest absolute Gasteiger partial charge is 0.486 e. The molecule has 2 N–H and O–H groups in total. The first kappa shape index (κ1) is 22.2. The van der Waals surface area contributed by atoms with Crippen molar-refractivity contribution >= 4 is 22.8 Å². The fraction of sp³-hybridized carbons (Fsp3) is 0.400. The van der Waals surface area contributed by atoms with Gasteiger partial charge in [0.05, 0.1) is 30.4 Å². The van der Waals surface area contributed by atoms with Crippen LogP contribution in [0.15, 0.2) is 42.6 Å². The molecule has 5 rings (SSSR count). The maximum atomic E-state index is 12.5. The van der Waals surface area contributed by atoms with Crippen LogP contribution in [0.3, 0.4) is 0 Å². The van der Waals surface area contributed by atoms with Gasteiger partial charge in [-0.05, 0) is 55.5 Å². The number of benzene rings is 1. The molecule has 1 aromatic carbocycles. The molecule has 3 aromatic rings. The number of nitrogens with two attached hydrogens (primary N) is 1. The molecule has 9 nitrogen and oxygen atoms in total. The van der Waals surface area contributed by atoms with E-state index in [-0.39, 0.29) is 18.2 Å². The molecule has 0 spiro atoms. The van der Waals surface area contributed by atoms with E-state index in [1.54, 1.807) is 18.2 Å². The van der Waals surface area contributed by atoms with Gasteiger partial charge in [-0.25, -0.2) is 9.78 Å². The minimum Gasteiger partial charge on any atom is -0.486 e. The number of fused-ring (bicyclic) bond motifs is 2. The van der Waals surface area contributed by atoms with Crippen molar-refractivity contribution in [3.8, 4) is 17.4 Å². The van der Waals surface area contributed by atoms with E-state index >= 15 is 0 Å². The summed E-state index contributed by atoms with van der Waals surface area (Å²) in [5, 5.41) is 0. The molecule has 2 aliphatic heterocycles. The summed E-state index contributed by atoms with van der Waals surface area (Å²) >= 11 is 0. The average molecular weight is 465 g/mol. The molecule has 1 amide bonds. The highest BCUT2D eigenvalue weighted by molar-refractivity contribution is 5.90. The molecule has 34 heavy (non-hydrogen) atoms. The van der Waals surface area contributed by atoms with Crippen LogP contribution in [-0.4, -0.2) is 55.1 Å². The maximum Gasteiger partial charge on any atom is 0.414 e. The minimum atomic E-state index is -0.349. The first-order chi connectivity index (χ1) is 16.6. The lowest BCUT2D eigenvalue weighted by atomic mass is 10.0. The van der Waals surface area contributed by atoms with Gasteiger partial charge in [0.25, 0.3) is 0 Å². The highest BCUT2D eigenvalue weighted by Gasteiger charge is 2.33. The van der Waals surface area contributed by atoms with Gasteiger partial charge in [-0.15, -0.1) is 0 Å². The third-order valence-corrected chi connectivity index (χ3v) is 6.21. The van der Waals surface area contributed by atoms with Crippen LogP contribution in [0, 0.1) is 0 Å². The Kier molecular flexibility index (Phi) is 6.35. The molecule has 2 atom stereocenters. The Hall–Kier alpha value is -3.59. The lowest BCUT2D eigenvalue weighted by Gasteiger charge is -2.21. The van der Waals surface area contributed by atoms with Crippen molar-refractivity contribution in [1.82, 2.24) is 9.97 Å². The number of hydrogen-bond donors (Lipinski definition) is 1. The molecule has 1 saturated heterocycles. The van der Waals surface area contributed by atoms with Gasteiger partial charge >= 0.3 is 6.09 Å². The Balaban J connectivity index is 1.15. The number of cyclic esters (lactones) is 1. The number of methoxy groups -OCH3 is 1. The van der Waals surface area contributed by atoms with E-state index < -0.39 is 0 Å². The molecule has 1 fully saturated rings. The van der Waals surface area contributed by atoms with Crippen molar-refractivity contribution in [2.75, 3.05) is 31.8 Å². The highest BCUT2D eigenvalue weighted by atomic mass is 16.6. The standard InChI is InChI=1S/C25H28N4O5/c1-31-23-9-7-20-24(28-23)16(10-11-27-20)2-3-17(26)4-6-19-15-29(25(30)34-19)18-5-8-21-22(14-18)33-13-12-32-21/h5,7-11,14,17,19H,2-4,6,12-13,15,26H2,1H3. The summed E-state index contributed by atoms with van der Waals surface area (Å²) in [6, 6.07) is 11.2. The van der Waals surface area contributed by atoms with Crippen molar-refractivity contribution in [3.05, 3.63) is 48.2 Å². The van der Waals surface area contributed by atoms with E-state index in [1.165, 1.54) is 0 Å². The minimum absolute atomic E-state index is 0.0177. The van der Waals surface area contributed by atoms with Crippen LogP contribution < -0.4 is 24.8 Å². The van der Waals surface area contributed by atoms with Crippen molar-refractivity contribution in [1.29, 1.82) is 0 Å². The number of carbonyl (C=O) groups excluding carboxylic acids is 1. The van der Waals surface area contributed by atoms with Crippen LogP contribution in [0.5, 0.6) is 17.4 Å². The Bertz CT molecular complexity index is 1190. The van der Waals surface area contributed by atoms with E-state index in [9.17, 15) is 4.79 Å². The third-order valence-electron chi connectivity index (χ3n) is 6.21. The average Bonchev–Trinajstić information content (AvgIpc) is 3.25. The molecule has 4 heterocycles. The monoisotopic (exact) mass is 464 g/mol.